The summed E-state index contributed by atoms with van der Waals surface area (Å²) in [6.45, 7) is 6.56. The summed E-state index contributed by atoms with van der Waals surface area (Å²) in [4.78, 5) is 16.8. The van der Waals surface area contributed by atoms with Crippen molar-refractivity contribution in [3.63, 3.8) is 0 Å². The molecule has 3 rings (SSSR count). The van der Waals surface area contributed by atoms with Crippen molar-refractivity contribution in [2.24, 2.45) is 0 Å². The van der Waals surface area contributed by atoms with Crippen molar-refractivity contribution < 1.29 is 4.79 Å². The van der Waals surface area contributed by atoms with Gasteiger partial charge in [-0.25, -0.2) is 4.98 Å². The van der Waals surface area contributed by atoms with E-state index in [4.69, 9.17) is 10.7 Å². The van der Waals surface area contributed by atoms with Crippen LogP contribution >= 0.6 is 0 Å². The summed E-state index contributed by atoms with van der Waals surface area (Å²) in [5, 5.41) is 3.75. The third kappa shape index (κ3) is 2.53. The van der Waals surface area contributed by atoms with Crippen LogP contribution in [0.4, 0.5) is 5.69 Å². The Bertz CT molecular complexity index is 857. The predicted octanol–water partition coefficient (Wildman–Crippen LogP) is 3.14. The van der Waals surface area contributed by atoms with Gasteiger partial charge in [-0.1, -0.05) is 26.0 Å². The summed E-state index contributed by atoms with van der Waals surface area (Å²) in [6, 6.07) is 4.23. The zero-order valence-electron chi connectivity index (χ0n) is 13.8. The summed E-state index contributed by atoms with van der Waals surface area (Å²) in [5.74, 6) is 6.21. The number of carbonyl (C=O) groups excluding carboxylic acids is 1. The van der Waals surface area contributed by atoms with Crippen molar-refractivity contribution in [1.82, 2.24) is 10.3 Å². The van der Waals surface area contributed by atoms with Gasteiger partial charge in [-0.3, -0.25) is 4.79 Å². The highest BCUT2D eigenvalue weighted by Gasteiger charge is 2.27. The summed E-state index contributed by atoms with van der Waals surface area (Å²) in [5.41, 5.74) is 11.5. The van der Waals surface area contributed by atoms with E-state index < -0.39 is 0 Å². The summed E-state index contributed by atoms with van der Waals surface area (Å²) in [6.07, 6.45) is 1.63. The molecule has 0 saturated carbocycles. The Morgan fingerprint density at radius 3 is 2.87 bits per heavy atom. The molecule has 0 radical (unpaired) electrons. The number of carbonyl (C=O) groups is 1. The molecule has 2 aromatic rings. The minimum atomic E-state index is -0.121. The lowest BCUT2D eigenvalue weighted by Crippen LogP contribution is -2.14. The Morgan fingerprint density at radius 1 is 1.39 bits per heavy atom. The number of aryl methyl sites for hydroxylation is 1. The van der Waals surface area contributed by atoms with Crippen LogP contribution in [0.25, 0.3) is 10.9 Å². The molecule has 0 bridgehead atoms. The molecular weight excluding hydrogens is 286 g/mol. The van der Waals surface area contributed by atoms with Gasteiger partial charge in [0, 0.05) is 11.8 Å². The van der Waals surface area contributed by atoms with Gasteiger partial charge in [0.15, 0.2) is 0 Å². The van der Waals surface area contributed by atoms with Crippen molar-refractivity contribution in [2.75, 3.05) is 5.73 Å². The van der Waals surface area contributed by atoms with Gasteiger partial charge >= 0.3 is 0 Å². The lowest BCUT2D eigenvalue weighted by molar-refractivity contribution is 0.0966. The highest BCUT2D eigenvalue weighted by atomic mass is 16.1. The standard InChI is InChI=1S/C19H21N3O/c1-4-5-6-7-12-8-9-13(11(2)3)15-17(20)16-14(22-18(12)15)10-21-19(16)23/h8-9,11H,6-7,10H2,1-3H3,(H2,20,22)(H,21,23). The molecule has 2 heterocycles. The van der Waals surface area contributed by atoms with E-state index in [0.29, 0.717) is 23.7 Å². The molecule has 4 heteroatoms. The van der Waals surface area contributed by atoms with E-state index in [0.717, 1.165) is 40.6 Å². The van der Waals surface area contributed by atoms with Crippen LogP contribution in [0.1, 0.15) is 60.3 Å². The molecule has 0 saturated heterocycles. The Labute approximate surface area is 136 Å². The number of hydrogen-bond donors (Lipinski definition) is 2. The minimum Gasteiger partial charge on any atom is -0.397 e. The van der Waals surface area contributed by atoms with E-state index in [1.807, 2.05) is 6.92 Å². The second kappa shape index (κ2) is 5.92. The van der Waals surface area contributed by atoms with Gasteiger partial charge in [0.25, 0.3) is 5.91 Å². The first-order valence-electron chi connectivity index (χ1n) is 7.96. The Morgan fingerprint density at radius 2 is 2.17 bits per heavy atom. The fourth-order valence-electron chi connectivity index (χ4n) is 3.17. The molecule has 0 fully saturated rings. The van der Waals surface area contributed by atoms with E-state index in [2.05, 4.69) is 43.1 Å². The maximum atomic E-state index is 12.1. The zero-order valence-corrected chi connectivity index (χ0v) is 13.8. The highest BCUT2D eigenvalue weighted by Crippen LogP contribution is 2.36. The van der Waals surface area contributed by atoms with Gasteiger partial charge in [0.1, 0.15) is 0 Å². The fraction of sp³-hybridized carbons (Fsp3) is 0.368. The van der Waals surface area contributed by atoms with E-state index in [-0.39, 0.29) is 5.91 Å². The monoisotopic (exact) mass is 307 g/mol. The normalized spacial score (nSPS) is 13.0. The number of fused-ring (bicyclic) bond motifs is 2. The van der Waals surface area contributed by atoms with Crippen LogP contribution < -0.4 is 11.1 Å². The van der Waals surface area contributed by atoms with E-state index in [1.165, 1.54) is 0 Å². The average molecular weight is 307 g/mol. The maximum Gasteiger partial charge on any atom is 0.255 e. The summed E-state index contributed by atoms with van der Waals surface area (Å²) in [7, 11) is 0. The molecule has 0 aliphatic carbocycles. The molecule has 3 N–H and O–H groups in total. The number of nitrogens with two attached hydrogens (primary N) is 1. The number of anilines is 1. The first-order chi connectivity index (χ1) is 11.0. The predicted molar refractivity (Wildman–Crippen MR) is 93.2 cm³/mol. The number of rotatable bonds is 3. The molecule has 1 aliphatic heterocycles. The second-order valence-corrected chi connectivity index (χ2v) is 6.15. The Balaban J connectivity index is 2.28. The van der Waals surface area contributed by atoms with Crippen molar-refractivity contribution in [3.8, 4) is 11.8 Å². The highest BCUT2D eigenvalue weighted by molar-refractivity contribution is 6.10. The molecular formula is C19H21N3O. The number of nitrogen functional groups attached to an aromatic ring is 1. The molecule has 23 heavy (non-hydrogen) atoms. The molecule has 0 unspecified atom stereocenters. The quantitative estimate of drug-likeness (QED) is 0.856. The zero-order chi connectivity index (χ0) is 16.6. The smallest absolute Gasteiger partial charge is 0.255 e. The fourth-order valence-corrected chi connectivity index (χ4v) is 3.17. The number of benzene rings is 1. The van der Waals surface area contributed by atoms with Crippen LogP contribution in [0.3, 0.4) is 0 Å². The van der Waals surface area contributed by atoms with E-state index in [9.17, 15) is 4.79 Å². The van der Waals surface area contributed by atoms with Crippen LogP contribution in [0, 0.1) is 11.8 Å². The maximum absolute atomic E-state index is 12.1. The van der Waals surface area contributed by atoms with Gasteiger partial charge < -0.3 is 11.1 Å². The number of aromatic nitrogens is 1. The molecule has 1 aromatic carbocycles. The number of pyridine rings is 1. The lowest BCUT2D eigenvalue weighted by atomic mass is 9.92. The van der Waals surface area contributed by atoms with Gasteiger partial charge in [0.05, 0.1) is 29.0 Å². The van der Waals surface area contributed by atoms with Crippen LogP contribution in [0.5, 0.6) is 0 Å². The van der Waals surface area contributed by atoms with E-state index >= 15 is 0 Å². The van der Waals surface area contributed by atoms with Gasteiger partial charge in [-0.05, 0) is 30.4 Å². The SMILES string of the molecule is CC#CCCc1ccc(C(C)C)c2c(N)c3c(nc12)CNC3=O. The molecule has 1 amide bonds. The number of amides is 1. The molecule has 0 atom stereocenters. The van der Waals surface area contributed by atoms with Gasteiger partial charge in [-0.15, -0.1) is 11.8 Å². The van der Waals surface area contributed by atoms with E-state index in [1.54, 1.807) is 0 Å². The topological polar surface area (TPSA) is 68.0 Å². The van der Waals surface area contributed by atoms with Crippen LogP contribution in [-0.4, -0.2) is 10.9 Å². The van der Waals surface area contributed by atoms with Crippen molar-refractivity contribution in [1.29, 1.82) is 0 Å². The van der Waals surface area contributed by atoms with Gasteiger partial charge in [-0.2, -0.15) is 0 Å². The molecule has 1 aliphatic rings. The van der Waals surface area contributed by atoms with Crippen LogP contribution in [0.15, 0.2) is 12.1 Å². The molecule has 118 valence electrons. The number of hydrogen-bond acceptors (Lipinski definition) is 3. The Hall–Kier alpha value is -2.54. The third-order valence-electron chi connectivity index (χ3n) is 4.33. The van der Waals surface area contributed by atoms with Crippen molar-refractivity contribution in [3.05, 3.63) is 34.5 Å². The summed E-state index contributed by atoms with van der Waals surface area (Å²) >= 11 is 0. The average Bonchev–Trinajstić information content (AvgIpc) is 2.89. The molecule has 0 spiro atoms. The lowest BCUT2D eigenvalue weighted by Gasteiger charge is -2.16. The first kappa shape index (κ1) is 15.4. The minimum absolute atomic E-state index is 0.121. The Kier molecular flexibility index (Phi) is 3.96. The molecule has 4 nitrogen and oxygen atoms in total. The molecule has 1 aromatic heterocycles. The van der Waals surface area contributed by atoms with Crippen LogP contribution in [0.2, 0.25) is 0 Å². The largest absolute Gasteiger partial charge is 0.397 e. The van der Waals surface area contributed by atoms with Gasteiger partial charge in [0.2, 0.25) is 0 Å². The van der Waals surface area contributed by atoms with Crippen molar-refractivity contribution in [2.45, 2.75) is 46.1 Å². The van der Waals surface area contributed by atoms with Crippen molar-refractivity contribution >= 4 is 22.5 Å². The summed E-state index contributed by atoms with van der Waals surface area (Å²) < 4.78 is 0. The first-order valence-corrected chi connectivity index (χ1v) is 7.96. The third-order valence-corrected chi connectivity index (χ3v) is 4.33. The van der Waals surface area contributed by atoms with Crippen LogP contribution in [-0.2, 0) is 13.0 Å². The number of nitrogens with zero attached hydrogens (tertiary/aromatic N) is 1. The second-order valence-electron chi connectivity index (χ2n) is 6.15. The number of nitrogens with one attached hydrogen (secondary N) is 1.